The molecule has 1 aromatic carbocycles. The highest BCUT2D eigenvalue weighted by molar-refractivity contribution is 5.89. The predicted octanol–water partition coefficient (Wildman–Crippen LogP) is 3.16. The van der Waals surface area contributed by atoms with Crippen molar-refractivity contribution < 1.29 is 4.79 Å². The standard InChI is InChI=1S/C20H24N6O/c1-13-5-4-10-21-18(13)11-14(2)22-20(27)24-17-8-6-16(7-9-17)12-19-23-15(3)25-26-19/h4-10,14H,11-12H2,1-3H3,(H2,22,24,27)(H,23,25,26)/t14-/m0/s1. The van der Waals surface area contributed by atoms with Gasteiger partial charge in [0.1, 0.15) is 5.82 Å². The Labute approximate surface area is 158 Å². The summed E-state index contributed by atoms with van der Waals surface area (Å²) < 4.78 is 0. The van der Waals surface area contributed by atoms with Gasteiger partial charge in [0.25, 0.3) is 0 Å². The first-order valence-electron chi connectivity index (χ1n) is 8.94. The number of aromatic nitrogens is 4. The molecular formula is C20H24N6O. The Morgan fingerprint density at radius 2 is 1.96 bits per heavy atom. The van der Waals surface area contributed by atoms with Crippen LogP contribution in [0.1, 0.15) is 35.4 Å². The number of pyridine rings is 1. The van der Waals surface area contributed by atoms with Gasteiger partial charge < -0.3 is 10.6 Å². The number of nitrogens with one attached hydrogen (secondary N) is 3. The van der Waals surface area contributed by atoms with Gasteiger partial charge in [-0.1, -0.05) is 18.2 Å². The summed E-state index contributed by atoms with van der Waals surface area (Å²) in [5.41, 5.74) is 3.95. The lowest BCUT2D eigenvalue weighted by atomic mass is 10.1. The average molecular weight is 364 g/mol. The molecule has 0 saturated carbocycles. The number of aromatic amines is 1. The molecule has 0 aliphatic heterocycles. The summed E-state index contributed by atoms with van der Waals surface area (Å²) in [5.74, 6) is 1.56. The summed E-state index contributed by atoms with van der Waals surface area (Å²) in [6.07, 6.45) is 3.11. The van der Waals surface area contributed by atoms with Gasteiger partial charge in [-0.05, 0) is 50.1 Å². The number of anilines is 1. The van der Waals surface area contributed by atoms with Crippen molar-refractivity contribution in [2.45, 2.75) is 39.7 Å². The van der Waals surface area contributed by atoms with Crippen molar-refractivity contribution in [1.82, 2.24) is 25.5 Å². The Morgan fingerprint density at radius 3 is 2.63 bits per heavy atom. The number of carbonyl (C=O) groups is 1. The first kappa shape index (κ1) is 18.6. The number of carbonyl (C=O) groups excluding carboxylic acids is 1. The topological polar surface area (TPSA) is 95.6 Å². The average Bonchev–Trinajstić information content (AvgIpc) is 3.03. The summed E-state index contributed by atoms with van der Waals surface area (Å²) in [5, 5.41) is 12.8. The Morgan fingerprint density at radius 1 is 1.19 bits per heavy atom. The molecule has 3 aromatic rings. The van der Waals surface area contributed by atoms with Crippen molar-refractivity contribution in [1.29, 1.82) is 0 Å². The number of nitrogens with zero attached hydrogens (tertiary/aromatic N) is 3. The lowest BCUT2D eigenvalue weighted by molar-refractivity contribution is 0.249. The molecule has 0 bridgehead atoms. The molecule has 3 rings (SSSR count). The number of rotatable bonds is 6. The maximum atomic E-state index is 12.2. The highest BCUT2D eigenvalue weighted by Crippen LogP contribution is 2.12. The molecule has 2 amide bonds. The quantitative estimate of drug-likeness (QED) is 0.626. The van der Waals surface area contributed by atoms with Crippen LogP contribution in [0.5, 0.6) is 0 Å². The van der Waals surface area contributed by atoms with Crippen LogP contribution in [0.3, 0.4) is 0 Å². The molecule has 0 fully saturated rings. The number of hydrogen-bond acceptors (Lipinski definition) is 4. The molecule has 7 heteroatoms. The van der Waals surface area contributed by atoms with Crippen molar-refractivity contribution in [2.24, 2.45) is 0 Å². The van der Waals surface area contributed by atoms with Gasteiger partial charge in [-0.3, -0.25) is 10.1 Å². The summed E-state index contributed by atoms with van der Waals surface area (Å²) in [4.78, 5) is 20.9. The van der Waals surface area contributed by atoms with E-state index >= 15 is 0 Å². The van der Waals surface area contributed by atoms with E-state index in [0.29, 0.717) is 12.8 Å². The minimum absolute atomic E-state index is 0.0214. The van der Waals surface area contributed by atoms with Crippen LogP contribution in [0, 0.1) is 13.8 Å². The first-order chi connectivity index (χ1) is 13.0. The lowest BCUT2D eigenvalue weighted by Crippen LogP contribution is -2.37. The number of hydrogen-bond donors (Lipinski definition) is 3. The van der Waals surface area contributed by atoms with Gasteiger partial charge in [0.15, 0.2) is 5.82 Å². The van der Waals surface area contributed by atoms with Crippen LogP contribution in [-0.4, -0.2) is 32.2 Å². The molecule has 2 aromatic heterocycles. The van der Waals surface area contributed by atoms with Crippen molar-refractivity contribution in [3.05, 3.63) is 71.1 Å². The Kier molecular flexibility index (Phi) is 5.80. The number of amides is 2. The molecule has 0 spiro atoms. The number of urea groups is 1. The van der Waals surface area contributed by atoms with Crippen molar-refractivity contribution in [3.8, 4) is 0 Å². The highest BCUT2D eigenvalue weighted by Gasteiger charge is 2.10. The van der Waals surface area contributed by atoms with Gasteiger partial charge in [-0.15, -0.1) is 0 Å². The molecule has 140 valence electrons. The third kappa shape index (κ3) is 5.37. The van der Waals surface area contributed by atoms with Crippen LogP contribution in [0.15, 0.2) is 42.6 Å². The molecule has 0 unspecified atom stereocenters. The molecule has 2 heterocycles. The first-order valence-corrected chi connectivity index (χ1v) is 8.94. The van der Waals surface area contributed by atoms with E-state index in [1.54, 1.807) is 6.20 Å². The summed E-state index contributed by atoms with van der Waals surface area (Å²) >= 11 is 0. The van der Waals surface area contributed by atoms with Gasteiger partial charge in [0.2, 0.25) is 0 Å². The lowest BCUT2D eigenvalue weighted by Gasteiger charge is -2.15. The van der Waals surface area contributed by atoms with Crippen LogP contribution < -0.4 is 10.6 Å². The molecule has 0 radical (unpaired) electrons. The minimum atomic E-state index is -0.228. The van der Waals surface area contributed by atoms with E-state index in [-0.39, 0.29) is 12.1 Å². The molecule has 0 saturated heterocycles. The zero-order valence-electron chi connectivity index (χ0n) is 15.8. The van der Waals surface area contributed by atoms with Gasteiger partial charge in [0, 0.05) is 36.5 Å². The second-order valence-electron chi connectivity index (χ2n) is 6.68. The van der Waals surface area contributed by atoms with Crippen molar-refractivity contribution in [3.63, 3.8) is 0 Å². The predicted molar refractivity (Wildman–Crippen MR) is 105 cm³/mol. The third-order valence-electron chi connectivity index (χ3n) is 4.21. The molecule has 7 nitrogen and oxygen atoms in total. The van der Waals surface area contributed by atoms with Crippen LogP contribution >= 0.6 is 0 Å². The van der Waals surface area contributed by atoms with E-state index in [2.05, 4.69) is 30.8 Å². The van der Waals surface area contributed by atoms with Gasteiger partial charge in [-0.25, -0.2) is 9.78 Å². The largest absolute Gasteiger partial charge is 0.335 e. The molecular weight excluding hydrogens is 340 g/mol. The van der Waals surface area contributed by atoms with E-state index in [1.165, 1.54) is 0 Å². The van der Waals surface area contributed by atoms with Crippen LogP contribution in [0.25, 0.3) is 0 Å². The molecule has 0 aliphatic rings. The smallest absolute Gasteiger partial charge is 0.319 e. The fourth-order valence-corrected chi connectivity index (χ4v) is 2.82. The zero-order valence-corrected chi connectivity index (χ0v) is 15.8. The van der Waals surface area contributed by atoms with Crippen LogP contribution in [-0.2, 0) is 12.8 Å². The van der Waals surface area contributed by atoms with Gasteiger partial charge in [-0.2, -0.15) is 5.10 Å². The minimum Gasteiger partial charge on any atom is -0.335 e. The van der Waals surface area contributed by atoms with E-state index in [1.807, 2.05) is 57.2 Å². The van der Waals surface area contributed by atoms with Crippen molar-refractivity contribution in [2.75, 3.05) is 5.32 Å². The van der Waals surface area contributed by atoms with Crippen LogP contribution in [0.4, 0.5) is 10.5 Å². The third-order valence-corrected chi connectivity index (χ3v) is 4.21. The van der Waals surface area contributed by atoms with Gasteiger partial charge >= 0.3 is 6.03 Å². The second kappa shape index (κ2) is 8.44. The summed E-state index contributed by atoms with van der Waals surface area (Å²) in [6, 6.07) is 11.4. The van der Waals surface area contributed by atoms with Gasteiger partial charge in [0.05, 0.1) is 0 Å². The van der Waals surface area contributed by atoms with Crippen LogP contribution in [0.2, 0.25) is 0 Å². The number of benzene rings is 1. The Bertz CT molecular complexity index is 903. The normalized spacial score (nSPS) is 11.8. The fraction of sp³-hybridized carbons (Fsp3) is 0.300. The fourth-order valence-electron chi connectivity index (χ4n) is 2.82. The Hall–Kier alpha value is -3.22. The maximum absolute atomic E-state index is 12.2. The SMILES string of the molecule is Cc1nc(Cc2ccc(NC(=O)N[C@@H](C)Cc3ncccc3C)cc2)n[nH]1. The highest BCUT2D eigenvalue weighted by atomic mass is 16.2. The van der Waals surface area contributed by atoms with E-state index in [0.717, 1.165) is 34.2 Å². The number of H-pyrrole nitrogens is 1. The molecule has 3 N–H and O–H groups in total. The van der Waals surface area contributed by atoms with E-state index in [4.69, 9.17) is 0 Å². The van der Waals surface area contributed by atoms with E-state index < -0.39 is 0 Å². The molecule has 1 atom stereocenters. The monoisotopic (exact) mass is 364 g/mol. The van der Waals surface area contributed by atoms with E-state index in [9.17, 15) is 4.79 Å². The summed E-state index contributed by atoms with van der Waals surface area (Å²) in [7, 11) is 0. The zero-order chi connectivity index (χ0) is 19.2. The summed E-state index contributed by atoms with van der Waals surface area (Å²) in [6.45, 7) is 5.87. The molecule has 0 aliphatic carbocycles. The van der Waals surface area contributed by atoms with Crippen molar-refractivity contribution >= 4 is 11.7 Å². The maximum Gasteiger partial charge on any atom is 0.319 e. The Balaban J connectivity index is 1.50. The second-order valence-corrected chi connectivity index (χ2v) is 6.68. The number of aryl methyl sites for hydroxylation is 2. The molecule has 27 heavy (non-hydrogen) atoms.